The molecule has 53 heavy (non-hydrogen) atoms. The summed E-state index contributed by atoms with van der Waals surface area (Å²) in [7, 11) is 0. The van der Waals surface area contributed by atoms with Crippen LogP contribution in [0.1, 0.15) is 143 Å². The summed E-state index contributed by atoms with van der Waals surface area (Å²) >= 11 is 0. The van der Waals surface area contributed by atoms with Crippen molar-refractivity contribution in [3.05, 3.63) is 140 Å². The number of carbonyl (C=O) groups excluding carboxylic acids is 5. The number of hydrogen-bond acceptors (Lipinski definition) is 8. The number of hydrogen-bond donors (Lipinski definition) is 1. The Kier molecular flexibility index (Phi) is 7.98. The number of benzene rings is 4. The van der Waals surface area contributed by atoms with Gasteiger partial charge in [-0.15, -0.1) is 0 Å². The van der Waals surface area contributed by atoms with Crippen LogP contribution in [-0.4, -0.2) is 39.3 Å². The van der Waals surface area contributed by atoms with Crippen molar-refractivity contribution in [1.82, 2.24) is 9.97 Å². The van der Waals surface area contributed by atoms with E-state index in [0.717, 1.165) is 68.1 Å². The first-order valence-corrected chi connectivity index (χ1v) is 18.3. The third-order valence-electron chi connectivity index (χ3n) is 11.4. The Balaban J connectivity index is 1.03. The molecular weight excluding hydrogens is 670 g/mol. The lowest BCUT2D eigenvalue weighted by molar-refractivity contribution is 0.0472. The molecule has 264 valence electrons. The van der Waals surface area contributed by atoms with Crippen molar-refractivity contribution >= 4 is 45.9 Å². The summed E-state index contributed by atoms with van der Waals surface area (Å²) in [5.41, 5.74) is 3.31. The second-order valence-corrected chi connectivity index (χ2v) is 14.6. The molecule has 1 aliphatic heterocycles. The molecule has 0 atom stereocenters. The second kappa shape index (κ2) is 12.9. The number of H-pyrrole nitrogens is 1. The Hall–Kier alpha value is -6.03. The molecule has 10 heteroatoms. The van der Waals surface area contributed by atoms with Crippen LogP contribution in [0.5, 0.6) is 0 Å². The van der Waals surface area contributed by atoms with Gasteiger partial charge in [0.2, 0.25) is 0 Å². The maximum absolute atomic E-state index is 14.2. The van der Waals surface area contributed by atoms with Crippen molar-refractivity contribution in [2.75, 3.05) is 4.90 Å². The van der Waals surface area contributed by atoms with E-state index in [4.69, 9.17) is 4.74 Å². The zero-order valence-corrected chi connectivity index (χ0v) is 28.9. The Bertz CT molecular complexity index is 2400. The van der Waals surface area contributed by atoms with Crippen molar-refractivity contribution in [2.24, 2.45) is 0 Å². The smallest absolute Gasteiger partial charge is 0.338 e. The normalized spacial score (nSPS) is 17.7. The Morgan fingerprint density at radius 2 is 1.36 bits per heavy atom. The molecule has 2 heterocycles. The van der Waals surface area contributed by atoms with Crippen LogP contribution < -0.4 is 10.5 Å². The van der Waals surface area contributed by atoms with Crippen molar-refractivity contribution in [3.8, 4) is 0 Å². The van der Waals surface area contributed by atoms with Crippen LogP contribution in [0.3, 0.4) is 0 Å². The van der Waals surface area contributed by atoms with E-state index in [0.29, 0.717) is 11.6 Å². The van der Waals surface area contributed by atoms with Crippen LogP contribution in [0.4, 0.5) is 5.69 Å². The maximum atomic E-state index is 14.2. The van der Waals surface area contributed by atoms with Crippen LogP contribution in [0, 0.1) is 0 Å². The van der Waals surface area contributed by atoms with Gasteiger partial charge in [0.1, 0.15) is 18.3 Å². The molecule has 10 nitrogen and oxygen atoms in total. The molecule has 0 bridgehead atoms. The number of carbonyl (C=O) groups is 5. The summed E-state index contributed by atoms with van der Waals surface area (Å²) in [4.78, 5) is 90.5. The molecule has 1 aromatic heterocycles. The number of nitrogens with zero attached hydrogens (tertiary/aromatic N) is 2. The summed E-state index contributed by atoms with van der Waals surface area (Å²) in [5.74, 6) is -4.00. The van der Waals surface area contributed by atoms with E-state index in [1.165, 1.54) is 35.2 Å². The fourth-order valence-corrected chi connectivity index (χ4v) is 8.67. The van der Waals surface area contributed by atoms with Gasteiger partial charge in [-0.3, -0.25) is 24.0 Å². The number of ether oxygens (including phenoxy) is 1. The standard InChI is InChI=1S/C43H35N3O7/c47-37-30-20-32-33(42(51)46(41(32)50)35-19-26(24-10-4-5-11-24)14-16-28(35)25-12-6-7-13-25)21-31(30)38(48)36(37)39-44-34-18-27(15-17-29(34)40(49)45-39)43(52)53-22-23-8-2-1-3-9-23/h1-3,8-9,14-21,24-25,36H,4-7,10-13,22H2,(H,44,45,49). The van der Waals surface area contributed by atoms with E-state index in [1.807, 2.05) is 36.4 Å². The zero-order chi connectivity index (χ0) is 36.4. The van der Waals surface area contributed by atoms with Gasteiger partial charge in [-0.05, 0) is 90.6 Å². The third kappa shape index (κ3) is 5.51. The van der Waals surface area contributed by atoms with Crippen molar-refractivity contribution in [3.63, 3.8) is 0 Å². The average molecular weight is 706 g/mol. The molecule has 9 rings (SSSR count). The number of ketones is 2. The molecule has 1 N–H and O–H groups in total. The maximum Gasteiger partial charge on any atom is 0.338 e. The monoisotopic (exact) mass is 705 g/mol. The number of Topliss-reactive ketones (excluding diaryl/α,β-unsaturated/α-hetero) is 2. The molecule has 0 spiro atoms. The summed E-state index contributed by atoms with van der Waals surface area (Å²) in [6.07, 6.45) is 8.61. The van der Waals surface area contributed by atoms with Gasteiger partial charge in [0.15, 0.2) is 11.6 Å². The first-order chi connectivity index (χ1) is 25.8. The first kappa shape index (κ1) is 32.8. The van der Waals surface area contributed by atoms with Crippen LogP contribution in [0.15, 0.2) is 83.7 Å². The molecule has 0 radical (unpaired) electrons. The predicted octanol–water partition coefficient (Wildman–Crippen LogP) is 7.56. The highest BCUT2D eigenvalue weighted by atomic mass is 16.5. The molecule has 2 amide bonds. The Morgan fingerprint density at radius 1 is 0.717 bits per heavy atom. The summed E-state index contributed by atoms with van der Waals surface area (Å²) in [6.45, 7) is 0.0520. The van der Waals surface area contributed by atoms with E-state index in [2.05, 4.69) is 22.1 Å². The highest BCUT2D eigenvalue weighted by Crippen LogP contribution is 2.45. The molecule has 5 aromatic rings. The van der Waals surface area contributed by atoms with Gasteiger partial charge in [-0.2, -0.15) is 0 Å². The largest absolute Gasteiger partial charge is 0.457 e. The summed E-state index contributed by atoms with van der Waals surface area (Å²) in [5, 5.41) is 0.160. The lowest BCUT2D eigenvalue weighted by Gasteiger charge is -2.24. The number of nitrogens with one attached hydrogen (secondary N) is 1. The van der Waals surface area contributed by atoms with Gasteiger partial charge in [-0.25, -0.2) is 14.7 Å². The van der Waals surface area contributed by atoms with Gasteiger partial charge in [0.05, 0.1) is 33.3 Å². The minimum atomic E-state index is -1.49. The molecule has 4 aliphatic rings. The minimum absolute atomic E-state index is 0.00143. The van der Waals surface area contributed by atoms with E-state index >= 15 is 0 Å². The highest BCUT2D eigenvalue weighted by molar-refractivity contribution is 6.37. The van der Waals surface area contributed by atoms with Crippen LogP contribution >= 0.6 is 0 Å². The lowest BCUT2D eigenvalue weighted by Crippen LogP contribution is -2.31. The molecule has 4 aromatic carbocycles. The second-order valence-electron chi connectivity index (χ2n) is 14.6. The van der Waals surface area contributed by atoms with Crippen molar-refractivity contribution < 1.29 is 28.7 Å². The van der Waals surface area contributed by atoms with E-state index in [9.17, 15) is 28.8 Å². The number of anilines is 1. The molecule has 2 fully saturated rings. The average Bonchev–Trinajstić information content (AvgIpc) is 3.99. The highest BCUT2D eigenvalue weighted by Gasteiger charge is 2.46. The number of imide groups is 1. The van der Waals surface area contributed by atoms with Crippen molar-refractivity contribution in [1.29, 1.82) is 0 Å². The Morgan fingerprint density at radius 3 is 2.02 bits per heavy atom. The summed E-state index contributed by atoms with van der Waals surface area (Å²) < 4.78 is 5.43. The quantitative estimate of drug-likeness (QED) is 0.104. The number of aromatic nitrogens is 2. The van der Waals surface area contributed by atoms with E-state index in [-0.39, 0.29) is 57.1 Å². The fourth-order valence-electron chi connectivity index (χ4n) is 8.67. The van der Waals surface area contributed by atoms with Gasteiger partial charge < -0.3 is 9.72 Å². The van der Waals surface area contributed by atoms with Crippen molar-refractivity contribution in [2.45, 2.75) is 75.7 Å². The first-order valence-electron chi connectivity index (χ1n) is 18.3. The molecule has 2 saturated carbocycles. The fraction of sp³-hybridized carbons (Fsp3) is 0.279. The number of esters is 1. The third-order valence-corrected chi connectivity index (χ3v) is 11.4. The van der Waals surface area contributed by atoms with Crippen LogP contribution in [-0.2, 0) is 11.3 Å². The molecular formula is C43H35N3O7. The molecule has 0 saturated heterocycles. The van der Waals surface area contributed by atoms with E-state index in [1.54, 1.807) is 0 Å². The predicted molar refractivity (Wildman–Crippen MR) is 196 cm³/mol. The topological polar surface area (TPSA) is 144 Å². The summed E-state index contributed by atoms with van der Waals surface area (Å²) in [6, 6.07) is 22.4. The van der Waals surface area contributed by atoms with Gasteiger partial charge in [-0.1, -0.05) is 68.1 Å². The SMILES string of the molecule is O=C(OCc1ccccc1)c1ccc2c(=O)[nH]c(C3C(=O)c4cc5c(cc4C3=O)C(=O)N(c3cc(C4CCCC4)ccc3C3CCCC3)C5=O)nc2c1. The molecule has 0 unspecified atom stereocenters. The Labute approximate surface area is 304 Å². The van der Waals surface area contributed by atoms with Crippen LogP contribution in [0.2, 0.25) is 0 Å². The number of aromatic amines is 1. The number of amides is 2. The number of rotatable bonds is 7. The van der Waals surface area contributed by atoms with Gasteiger partial charge >= 0.3 is 5.97 Å². The minimum Gasteiger partial charge on any atom is -0.457 e. The van der Waals surface area contributed by atoms with Gasteiger partial charge in [0.25, 0.3) is 17.4 Å². The number of fused-ring (bicyclic) bond motifs is 3. The van der Waals surface area contributed by atoms with Gasteiger partial charge in [0, 0.05) is 11.1 Å². The molecule has 3 aliphatic carbocycles. The van der Waals surface area contributed by atoms with Crippen LogP contribution in [0.25, 0.3) is 10.9 Å². The lowest BCUT2D eigenvalue weighted by atomic mass is 9.90. The van der Waals surface area contributed by atoms with E-state index < -0.39 is 40.8 Å². The zero-order valence-electron chi connectivity index (χ0n) is 28.9.